The molecule has 0 amide bonds. The maximum Gasteiger partial charge on any atom is 0.313 e. The molecule has 1 aliphatic carbocycles. The summed E-state index contributed by atoms with van der Waals surface area (Å²) in [5.41, 5.74) is 0.956. The molecule has 1 saturated carbocycles. The van der Waals surface area contributed by atoms with Crippen molar-refractivity contribution in [2.24, 2.45) is 0 Å². The molecule has 1 heterocycles. The summed E-state index contributed by atoms with van der Waals surface area (Å²) < 4.78 is 3.97. The molecule has 0 spiro atoms. The van der Waals surface area contributed by atoms with Crippen LogP contribution in [0, 0.1) is 0 Å². The lowest BCUT2D eigenvalue weighted by Crippen LogP contribution is -2.03. The van der Waals surface area contributed by atoms with Crippen LogP contribution in [0.3, 0.4) is 0 Å². The van der Waals surface area contributed by atoms with Gasteiger partial charge >= 0.3 is 5.97 Å². The molecule has 0 bridgehead atoms. The highest BCUT2D eigenvalue weighted by atomic mass is 79.9. The highest BCUT2D eigenvalue weighted by Gasteiger charge is 2.30. The number of aliphatic carboxylic acids is 1. The lowest BCUT2D eigenvalue weighted by atomic mass is 10.2. The van der Waals surface area contributed by atoms with Crippen LogP contribution in [0.1, 0.15) is 18.9 Å². The van der Waals surface area contributed by atoms with Crippen molar-refractivity contribution < 1.29 is 9.90 Å². The van der Waals surface area contributed by atoms with Crippen molar-refractivity contribution in [2.75, 3.05) is 5.75 Å². The average molecular weight is 433 g/mol. The number of hydrogen-bond donors (Lipinski definition) is 1. The van der Waals surface area contributed by atoms with Gasteiger partial charge in [0.15, 0.2) is 11.0 Å². The smallest absolute Gasteiger partial charge is 0.313 e. The van der Waals surface area contributed by atoms with Crippen molar-refractivity contribution in [3.05, 3.63) is 27.1 Å². The average Bonchev–Trinajstić information content (AvgIpc) is 3.15. The van der Waals surface area contributed by atoms with Crippen LogP contribution in [0.25, 0.3) is 11.4 Å². The van der Waals surface area contributed by atoms with Gasteiger partial charge in [0.05, 0.1) is 5.75 Å². The van der Waals surface area contributed by atoms with Gasteiger partial charge in [-0.1, -0.05) is 43.6 Å². The molecule has 1 aromatic carbocycles. The van der Waals surface area contributed by atoms with Crippen LogP contribution in [0.5, 0.6) is 0 Å². The number of halogens is 2. The molecule has 0 unspecified atom stereocenters. The van der Waals surface area contributed by atoms with E-state index in [-0.39, 0.29) is 5.75 Å². The molecule has 8 heteroatoms. The van der Waals surface area contributed by atoms with Gasteiger partial charge in [0.2, 0.25) is 0 Å². The Morgan fingerprint density at radius 3 is 2.52 bits per heavy atom. The Hall–Kier alpha value is -0.860. The summed E-state index contributed by atoms with van der Waals surface area (Å²) in [5.74, 6) is -0.0722. The van der Waals surface area contributed by atoms with Crippen LogP contribution in [-0.2, 0) is 4.79 Å². The van der Waals surface area contributed by atoms with Crippen LogP contribution in [0.2, 0.25) is 0 Å². The summed E-state index contributed by atoms with van der Waals surface area (Å²) in [7, 11) is 0. The zero-order valence-electron chi connectivity index (χ0n) is 10.8. The quantitative estimate of drug-likeness (QED) is 0.723. The number of rotatable bonds is 5. The van der Waals surface area contributed by atoms with Crippen molar-refractivity contribution in [2.45, 2.75) is 24.0 Å². The predicted molar refractivity (Wildman–Crippen MR) is 87.5 cm³/mol. The highest BCUT2D eigenvalue weighted by molar-refractivity contribution is 9.11. The molecule has 0 radical (unpaired) electrons. The summed E-state index contributed by atoms with van der Waals surface area (Å²) in [6.45, 7) is 0. The van der Waals surface area contributed by atoms with E-state index in [1.807, 2.05) is 18.2 Å². The summed E-state index contributed by atoms with van der Waals surface area (Å²) in [6, 6.07) is 6.31. The minimum atomic E-state index is -0.850. The lowest BCUT2D eigenvalue weighted by Gasteiger charge is -2.09. The predicted octanol–water partition coefficient (Wildman–Crippen LogP) is 3.98. The van der Waals surface area contributed by atoms with Crippen LogP contribution < -0.4 is 0 Å². The van der Waals surface area contributed by atoms with Gasteiger partial charge in [0.1, 0.15) is 0 Å². The molecule has 0 saturated heterocycles. The maximum absolute atomic E-state index is 10.7. The number of thioether (sulfide) groups is 1. The zero-order valence-corrected chi connectivity index (χ0v) is 14.8. The van der Waals surface area contributed by atoms with E-state index in [0.29, 0.717) is 11.2 Å². The van der Waals surface area contributed by atoms with Gasteiger partial charge in [-0.15, -0.1) is 10.2 Å². The molecule has 5 nitrogen and oxygen atoms in total. The fraction of sp³-hybridized carbons (Fsp3) is 0.308. The van der Waals surface area contributed by atoms with Gasteiger partial charge in [-0.25, -0.2) is 0 Å². The van der Waals surface area contributed by atoms with Crippen LogP contribution in [0.4, 0.5) is 0 Å². The number of carbonyl (C=O) groups is 1. The second-order valence-electron chi connectivity index (χ2n) is 4.75. The Bertz CT molecular complexity index is 680. The van der Waals surface area contributed by atoms with Crippen molar-refractivity contribution in [1.82, 2.24) is 14.8 Å². The number of carboxylic acid groups (broad SMARTS) is 1. The van der Waals surface area contributed by atoms with Crippen LogP contribution in [-0.4, -0.2) is 31.6 Å². The van der Waals surface area contributed by atoms with Crippen molar-refractivity contribution >= 4 is 49.6 Å². The molecule has 0 aliphatic heterocycles. The van der Waals surface area contributed by atoms with E-state index in [9.17, 15) is 4.79 Å². The first-order chi connectivity index (χ1) is 10.0. The third-order valence-corrected chi connectivity index (χ3v) is 4.87. The van der Waals surface area contributed by atoms with E-state index in [2.05, 4.69) is 46.6 Å². The van der Waals surface area contributed by atoms with E-state index < -0.39 is 5.97 Å². The zero-order chi connectivity index (χ0) is 15.0. The Kier molecular flexibility index (Phi) is 4.37. The van der Waals surface area contributed by atoms with Gasteiger partial charge in [-0.05, 0) is 31.0 Å². The maximum atomic E-state index is 10.7. The monoisotopic (exact) mass is 431 g/mol. The third kappa shape index (κ3) is 3.49. The number of carboxylic acids is 1. The molecule has 3 rings (SSSR count). The van der Waals surface area contributed by atoms with Crippen molar-refractivity contribution in [3.8, 4) is 11.4 Å². The molecular formula is C13H11Br2N3O2S. The first-order valence-electron chi connectivity index (χ1n) is 6.30. The summed E-state index contributed by atoms with van der Waals surface area (Å²) in [6.07, 6.45) is 2.17. The molecule has 1 N–H and O–H groups in total. The fourth-order valence-corrected chi connectivity index (χ4v) is 4.06. The van der Waals surface area contributed by atoms with Crippen molar-refractivity contribution in [1.29, 1.82) is 0 Å². The first kappa shape index (κ1) is 15.1. The normalized spacial score (nSPS) is 14.4. The van der Waals surface area contributed by atoms with Gasteiger partial charge in [-0.2, -0.15) is 0 Å². The molecule has 21 heavy (non-hydrogen) atoms. The van der Waals surface area contributed by atoms with E-state index >= 15 is 0 Å². The standard InChI is InChI=1S/C13H11Br2N3O2S/c14-8-3-7(4-9(15)5-8)12-16-17-13(21-6-11(19)20)18(12)10-1-2-10/h3-5,10H,1-2,6H2,(H,19,20). The number of hydrogen-bond acceptors (Lipinski definition) is 4. The topological polar surface area (TPSA) is 68.0 Å². The molecule has 0 atom stereocenters. The fourth-order valence-electron chi connectivity index (χ4n) is 2.04. The molecular weight excluding hydrogens is 422 g/mol. The molecule has 2 aromatic rings. The van der Waals surface area contributed by atoms with Crippen LogP contribution >= 0.6 is 43.6 Å². The summed E-state index contributed by atoms with van der Waals surface area (Å²) >= 11 is 8.16. The Labute approximate surface area is 142 Å². The summed E-state index contributed by atoms with van der Waals surface area (Å²) in [5, 5.41) is 17.9. The van der Waals surface area contributed by atoms with E-state index in [1.165, 1.54) is 11.8 Å². The number of aromatic nitrogens is 3. The second kappa shape index (κ2) is 6.10. The first-order valence-corrected chi connectivity index (χ1v) is 8.87. The number of benzene rings is 1. The second-order valence-corrected chi connectivity index (χ2v) is 7.52. The van der Waals surface area contributed by atoms with Gasteiger partial charge in [-0.3, -0.25) is 9.36 Å². The SMILES string of the molecule is O=C(O)CSc1nnc(-c2cc(Br)cc(Br)c2)n1C1CC1. The van der Waals surface area contributed by atoms with E-state index in [0.717, 1.165) is 33.2 Å². The van der Waals surface area contributed by atoms with Crippen LogP contribution in [0.15, 0.2) is 32.3 Å². The van der Waals surface area contributed by atoms with Gasteiger partial charge < -0.3 is 5.11 Å². The van der Waals surface area contributed by atoms with Gasteiger partial charge in [0, 0.05) is 20.6 Å². The van der Waals surface area contributed by atoms with E-state index in [1.54, 1.807) is 0 Å². The lowest BCUT2D eigenvalue weighted by molar-refractivity contribution is -0.133. The molecule has 1 fully saturated rings. The Balaban J connectivity index is 2.00. The van der Waals surface area contributed by atoms with E-state index in [4.69, 9.17) is 5.11 Å². The highest BCUT2D eigenvalue weighted by Crippen LogP contribution is 2.41. The molecule has 1 aromatic heterocycles. The Morgan fingerprint density at radius 2 is 1.95 bits per heavy atom. The molecule has 1 aliphatic rings. The molecule has 110 valence electrons. The number of nitrogens with zero attached hydrogens (tertiary/aromatic N) is 3. The van der Waals surface area contributed by atoms with Crippen molar-refractivity contribution in [3.63, 3.8) is 0 Å². The third-order valence-electron chi connectivity index (χ3n) is 3.02. The summed E-state index contributed by atoms with van der Waals surface area (Å²) in [4.78, 5) is 10.7. The minimum absolute atomic E-state index is 0.00691. The Morgan fingerprint density at radius 1 is 1.29 bits per heavy atom. The minimum Gasteiger partial charge on any atom is -0.481 e. The van der Waals surface area contributed by atoms with Gasteiger partial charge in [0.25, 0.3) is 0 Å². The largest absolute Gasteiger partial charge is 0.481 e.